The Hall–Kier alpha value is -2.99. The number of piperidine rings is 1. The van der Waals surface area contributed by atoms with Crippen LogP contribution in [0.4, 0.5) is 0 Å². The summed E-state index contributed by atoms with van der Waals surface area (Å²) >= 11 is 0. The van der Waals surface area contributed by atoms with Gasteiger partial charge in [-0.15, -0.1) is 0 Å². The van der Waals surface area contributed by atoms with Crippen LogP contribution in [0.1, 0.15) is 55.4 Å². The Balaban J connectivity index is 1.49. The van der Waals surface area contributed by atoms with Crippen LogP contribution in [0.5, 0.6) is 0 Å². The summed E-state index contributed by atoms with van der Waals surface area (Å²) in [6.45, 7) is 7.87. The third-order valence-electron chi connectivity index (χ3n) is 6.30. The minimum absolute atomic E-state index is 0.0485. The molecule has 1 fully saturated rings. The van der Waals surface area contributed by atoms with Crippen molar-refractivity contribution >= 4 is 5.91 Å². The van der Waals surface area contributed by atoms with Crippen LogP contribution < -0.4 is 0 Å². The van der Waals surface area contributed by atoms with Gasteiger partial charge in [0.1, 0.15) is 0 Å². The maximum absolute atomic E-state index is 12.8. The number of likely N-dealkylation sites (tertiary alicyclic amines) is 1. The summed E-state index contributed by atoms with van der Waals surface area (Å²) in [7, 11) is 0. The molecule has 0 radical (unpaired) electrons. The van der Waals surface area contributed by atoms with Gasteiger partial charge in [0.25, 0.3) is 0 Å². The highest BCUT2D eigenvalue weighted by Crippen LogP contribution is 2.30. The lowest BCUT2D eigenvalue weighted by atomic mass is 9.91. The summed E-state index contributed by atoms with van der Waals surface area (Å²) in [5.74, 6) is 1.51. The topological polar surface area (TPSA) is 62.5 Å². The maximum atomic E-state index is 12.8. The number of carbonyl (C=O) groups is 1. The van der Waals surface area contributed by atoms with Gasteiger partial charge in [0.15, 0.2) is 5.82 Å². The van der Waals surface area contributed by atoms with Gasteiger partial charge in [0.05, 0.1) is 18.4 Å². The fourth-order valence-electron chi connectivity index (χ4n) is 4.62. The molecule has 2 heterocycles. The molecule has 0 aliphatic carbocycles. The van der Waals surface area contributed by atoms with Gasteiger partial charge < -0.3 is 9.42 Å². The van der Waals surface area contributed by atoms with Gasteiger partial charge in [-0.1, -0.05) is 65.8 Å². The van der Waals surface area contributed by atoms with Gasteiger partial charge in [-0.25, -0.2) is 0 Å². The molecule has 6 heteroatoms. The minimum atomic E-state index is -0.0757. The van der Waals surface area contributed by atoms with Crippen molar-refractivity contribution in [2.75, 3.05) is 26.2 Å². The van der Waals surface area contributed by atoms with E-state index < -0.39 is 0 Å². The Labute approximate surface area is 190 Å². The summed E-state index contributed by atoms with van der Waals surface area (Å²) in [5.41, 5.74) is 2.27. The van der Waals surface area contributed by atoms with E-state index in [1.54, 1.807) is 0 Å². The second-order valence-electron chi connectivity index (χ2n) is 8.39. The first-order chi connectivity index (χ1) is 15.7. The van der Waals surface area contributed by atoms with E-state index in [1.165, 1.54) is 0 Å². The SMILES string of the molecule is CCN(CC)C(=O)C1CCCN(Cc2nc(C(c3ccccc3)c3ccccc3)no2)C1. The summed E-state index contributed by atoms with van der Waals surface area (Å²) in [5, 5.41) is 4.36. The van der Waals surface area contributed by atoms with Crippen molar-refractivity contribution in [3.8, 4) is 0 Å². The van der Waals surface area contributed by atoms with E-state index in [0.29, 0.717) is 18.3 Å². The summed E-state index contributed by atoms with van der Waals surface area (Å²) in [6.07, 6.45) is 1.96. The monoisotopic (exact) mass is 432 g/mol. The molecule has 1 aliphatic rings. The van der Waals surface area contributed by atoms with E-state index in [1.807, 2.05) is 55.1 Å². The van der Waals surface area contributed by atoms with E-state index >= 15 is 0 Å². The number of rotatable bonds is 8. The molecule has 4 rings (SSSR count). The molecule has 0 saturated carbocycles. The molecule has 1 aromatic heterocycles. The second kappa shape index (κ2) is 10.6. The molecule has 32 heavy (non-hydrogen) atoms. The van der Waals surface area contributed by atoms with Gasteiger partial charge >= 0.3 is 0 Å². The highest BCUT2D eigenvalue weighted by atomic mass is 16.5. The third kappa shape index (κ3) is 5.07. The van der Waals surface area contributed by atoms with Crippen LogP contribution in [-0.2, 0) is 11.3 Å². The Morgan fingerprint density at radius 3 is 2.28 bits per heavy atom. The van der Waals surface area contributed by atoms with E-state index in [0.717, 1.165) is 50.1 Å². The normalized spacial score (nSPS) is 16.9. The number of benzene rings is 2. The maximum Gasteiger partial charge on any atom is 0.240 e. The highest BCUT2D eigenvalue weighted by molar-refractivity contribution is 5.79. The van der Waals surface area contributed by atoms with E-state index in [2.05, 4.69) is 34.3 Å². The molecular formula is C26H32N4O2. The lowest BCUT2D eigenvalue weighted by molar-refractivity contribution is -0.137. The molecule has 1 aliphatic heterocycles. The molecule has 0 N–H and O–H groups in total. The predicted octanol–water partition coefficient (Wildman–Crippen LogP) is 4.33. The number of amides is 1. The Morgan fingerprint density at radius 2 is 1.69 bits per heavy atom. The van der Waals surface area contributed by atoms with Gasteiger partial charge in [0, 0.05) is 19.6 Å². The van der Waals surface area contributed by atoms with Crippen LogP contribution in [0.3, 0.4) is 0 Å². The molecule has 0 bridgehead atoms. The summed E-state index contributed by atoms with van der Waals surface area (Å²) in [4.78, 5) is 21.8. The quantitative estimate of drug-likeness (QED) is 0.530. The predicted molar refractivity (Wildman–Crippen MR) is 124 cm³/mol. The summed E-state index contributed by atoms with van der Waals surface area (Å²) in [6, 6.07) is 20.6. The van der Waals surface area contributed by atoms with Crippen molar-refractivity contribution in [1.29, 1.82) is 0 Å². The fourth-order valence-corrected chi connectivity index (χ4v) is 4.62. The van der Waals surface area contributed by atoms with E-state index in [9.17, 15) is 4.79 Å². The first-order valence-corrected chi connectivity index (χ1v) is 11.6. The number of carbonyl (C=O) groups excluding carboxylic acids is 1. The summed E-state index contributed by atoms with van der Waals surface area (Å²) < 4.78 is 5.68. The van der Waals surface area contributed by atoms with Crippen LogP contribution in [-0.4, -0.2) is 52.0 Å². The van der Waals surface area contributed by atoms with Crippen LogP contribution in [0.15, 0.2) is 65.2 Å². The van der Waals surface area contributed by atoms with Crippen LogP contribution in [0, 0.1) is 5.92 Å². The lowest BCUT2D eigenvalue weighted by Gasteiger charge is -2.33. The highest BCUT2D eigenvalue weighted by Gasteiger charge is 2.29. The van der Waals surface area contributed by atoms with Gasteiger partial charge in [-0.3, -0.25) is 9.69 Å². The van der Waals surface area contributed by atoms with Crippen molar-refractivity contribution in [2.45, 2.75) is 39.2 Å². The average Bonchev–Trinajstić information content (AvgIpc) is 3.29. The average molecular weight is 433 g/mol. The molecule has 1 unspecified atom stereocenters. The molecule has 2 aromatic carbocycles. The van der Waals surface area contributed by atoms with Crippen LogP contribution >= 0.6 is 0 Å². The first-order valence-electron chi connectivity index (χ1n) is 11.6. The van der Waals surface area contributed by atoms with Crippen LogP contribution in [0.2, 0.25) is 0 Å². The Kier molecular flexibility index (Phi) is 7.32. The van der Waals surface area contributed by atoms with E-state index in [-0.39, 0.29) is 17.7 Å². The van der Waals surface area contributed by atoms with Crippen LogP contribution in [0.25, 0.3) is 0 Å². The third-order valence-corrected chi connectivity index (χ3v) is 6.30. The largest absolute Gasteiger partial charge is 0.343 e. The van der Waals surface area contributed by atoms with Crippen molar-refractivity contribution in [1.82, 2.24) is 19.9 Å². The standard InChI is InChI=1S/C26H32N4O2/c1-3-30(4-2)26(31)22-16-11-17-29(18-22)19-23-27-25(28-32-23)24(20-12-7-5-8-13-20)21-14-9-6-10-15-21/h5-10,12-15,22,24H,3-4,11,16-19H2,1-2H3. The van der Waals surface area contributed by atoms with Crippen molar-refractivity contribution in [3.05, 3.63) is 83.5 Å². The minimum Gasteiger partial charge on any atom is -0.343 e. The fraction of sp³-hybridized carbons (Fsp3) is 0.423. The van der Waals surface area contributed by atoms with Crippen molar-refractivity contribution in [2.24, 2.45) is 5.92 Å². The van der Waals surface area contributed by atoms with Gasteiger partial charge in [-0.2, -0.15) is 4.98 Å². The zero-order valence-corrected chi connectivity index (χ0v) is 19.0. The first kappa shape index (κ1) is 22.2. The molecule has 3 aromatic rings. The smallest absolute Gasteiger partial charge is 0.240 e. The van der Waals surface area contributed by atoms with Crippen molar-refractivity contribution in [3.63, 3.8) is 0 Å². The second-order valence-corrected chi connectivity index (χ2v) is 8.39. The molecule has 6 nitrogen and oxygen atoms in total. The Morgan fingerprint density at radius 1 is 1.06 bits per heavy atom. The molecule has 1 amide bonds. The van der Waals surface area contributed by atoms with E-state index in [4.69, 9.17) is 9.51 Å². The molecule has 168 valence electrons. The van der Waals surface area contributed by atoms with Gasteiger partial charge in [-0.05, 0) is 44.4 Å². The number of aromatic nitrogens is 2. The number of nitrogens with zero attached hydrogens (tertiary/aromatic N) is 4. The zero-order valence-electron chi connectivity index (χ0n) is 19.0. The number of hydrogen-bond donors (Lipinski definition) is 0. The Bertz CT molecular complexity index is 946. The molecular weight excluding hydrogens is 400 g/mol. The zero-order chi connectivity index (χ0) is 22.3. The molecule has 1 atom stereocenters. The number of hydrogen-bond acceptors (Lipinski definition) is 5. The van der Waals surface area contributed by atoms with Gasteiger partial charge in [0.2, 0.25) is 11.8 Å². The lowest BCUT2D eigenvalue weighted by Crippen LogP contribution is -2.44. The molecule has 0 spiro atoms. The van der Waals surface area contributed by atoms with Crippen molar-refractivity contribution < 1.29 is 9.32 Å². The molecule has 1 saturated heterocycles.